The summed E-state index contributed by atoms with van der Waals surface area (Å²) in [5.74, 6) is -0.168. The molecule has 23 heavy (non-hydrogen) atoms. The van der Waals surface area contributed by atoms with Crippen LogP contribution in [-0.4, -0.2) is 31.0 Å². The zero-order valence-corrected chi connectivity index (χ0v) is 16.2. The van der Waals surface area contributed by atoms with Gasteiger partial charge in [-0.3, -0.25) is 4.79 Å². The highest BCUT2D eigenvalue weighted by Crippen LogP contribution is 2.32. The molecule has 9 heteroatoms. The number of amides is 1. The molecular weight excluding hydrogens is 400 g/mol. The fourth-order valence-corrected chi connectivity index (χ4v) is 3.12. The van der Waals surface area contributed by atoms with Crippen LogP contribution in [0, 0.1) is 0 Å². The molecule has 0 bridgehead atoms. The number of hydrogen-bond acceptors (Lipinski definition) is 4. The van der Waals surface area contributed by atoms with E-state index >= 15 is 0 Å². The summed E-state index contributed by atoms with van der Waals surface area (Å²) in [6, 6.07) is 5.22. The van der Waals surface area contributed by atoms with Crippen LogP contribution in [0.5, 0.6) is 0 Å². The lowest BCUT2D eigenvalue weighted by molar-refractivity contribution is 0.0949. The second-order valence-corrected chi connectivity index (χ2v) is 6.08. The third-order valence-corrected chi connectivity index (χ3v) is 4.21. The van der Waals surface area contributed by atoms with Gasteiger partial charge >= 0.3 is 0 Å². The number of thiazole rings is 1. The molecule has 128 valence electrons. The van der Waals surface area contributed by atoms with Crippen molar-refractivity contribution >= 4 is 65.3 Å². The quantitative estimate of drug-likeness (QED) is 0.690. The number of hydrogen-bond donors (Lipinski definition) is 2. The zero-order valence-electron chi connectivity index (χ0n) is 12.3. The number of rotatable bonds is 6. The van der Waals surface area contributed by atoms with E-state index in [9.17, 15) is 4.79 Å². The Balaban J connectivity index is 0.00000242. The SMILES string of the molecule is CNCCCNC(=O)c1csc(-c2ccc(Cl)cc2Cl)n1.Cl.Cl. The Bertz CT molecular complexity index is 636. The van der Waals surface area contributed by atoms with Crippen LogP contribution in [0.3, 0.4) is 0 Å². The van der Waals surface area contributed by atoms with Crippen LogP contribution >= 0.6 is 59.4 Å². The molecule has 0 saturated heterocycles. The Labute approximate surface area is 161 Å². The standard InChI is InChI=1S/C14H15Cl2N3OS.2ClH/c1-17-5-2-6-18-13(20)12-8-21-14(19-12)10-4-3-9(15)7-11(10)16;;/h3-4,7-8,17H,2,5-6H2,1H3,(H,18,20);2*1H. The maximum atomic E-state index is 12.0. The molecule has 2 aromatic rings. The number of nitrogens with one attached hydrogen (secondary N) is 2. The molecule has 0 fully saturated rings. The maximum absolute atomic E-state index is 12.0. The minimum absolute atomic E-state index is 0. The van der Waals surface area contributed by atoms with E-state index < -0.39 is 0 Å². The van der Waals surface area contributed by atoms with Gasteiger partial charge in [-0.15, -0.1) is 36.2 Å². The van der Waals surface area contributed by atoms with E-state index in [2.05, 4.69) is 15.6 Å². The molecular formula is C14H17Cl4N3OS. The van der Waals surface area contributed by atoms with Gasteiger partial charge in [0.15, 0.2) is 0 Å². The second-order valence-electron chi connectivity index (χ2n) is 4.38. The monoisotopic (exact) mass is 415 g/mol. The molecule has 0 unspecified atom stereocenters. The van der Waals surface area contributed by atoms with Gasteiger partial charge in [0.1, 0.15) is 10.7 Å². The molecule has 1 aromatic heterocycles. The highest BCUT2D eigenvalue weighted by atomic mass is 35.5. The molecule has 1 heterocycles. The van der Waals surface area contributed by atoms with Crippen LogP contribution < -0.4 is 10.6 Å². The van der Waals surface area contributed by atoms with Crippen molar-refractivity contribution in [2.24, 2.45) is 0 Å². The Morgan fingerprint density at radius 2 is 2.00 bits per heavy atom. The van der Waals surface area contributed by atoms with Crippen molar-refractivity contribution in [3.8, 4) is 10.6 Å². The molecule has 2 rings (SSSR count). The van der Waals surface area contributed by atoms with Crippen molar-refractivity contribution < 1.29 is 4.79 Å². The fourth-order valence-electron chi connectivity index (χ4n) is 1.72. The van der Waals surface area contributed by atoms with Crippen molar-refractivity contribution in [2.45, 2.75) is 6.42 Å². The number of carbonyl (C=O) groups is 1. The highest BCUT2D eigenvalue weighted by Gasteiger charge is 2.13. The van der Waals surface area contributed by atoms with Crippen molar-refractivity contribution in [1.82, 2.24) is 15.6 Å². The summed E-state index contributed by atoms with van der Waals surface area (Å²) >= 11 is 13.4. The molecule has 4 nitrogen and oxygen atoms in total. The van der Waals surface area contributed by atoms with Crippen LogP contribution in [0.1, 0.15) is 16.9 Å². The normalized spacial score (nSPS) is 9.70. The lowest BCUT2D eigenvalue weighted by Gasteiger charge is -2.02. The van der Waals surface area contributed by atoms with Crippen molar-refractivity contribution in [1.29, 1.82) is 0 Å². The van der Waals surface area contributed by atoms with Gasteiger partial charge < -0.3 is 10.6 Å². The predicted octanol–water partition coefficient (Wildman–Crippen LogP) is 4.30. The average molecular weight is 417 g/mol. The lowest BCUT2D eigenvalue weighted by Crippen LogP contribution is -2.26. The van der Waals surface area contributed by atoms with E-state index in [0.717, 1.165) is 18.5 Å². The summed E-state index contributed by atoms with van der Waals surface area (Å²) in [6.45, 7) is 1.48. The third kappa shape index (κ3) is 6.45. The third-order valence-electron chi connectivity index (χ3n) is 2.79. The summed E-state index contributed by atoms with van der Waals surface area (Å²) in [5, 5.41) is 9.39. The molecule has 1 aromatic carbocycles. The first-order valence-corrected chi connectivity index (χ1v) is 8.09. The molecule has 1 amide bonds. The number of benzene rings is 1. The second kappa shape index (κ2) is 11.1. The minimum Gasteiger partial charge on any atom is -0.351 e. The number of halogens is 4. The van der Waals surface area contributed by atoms with Gasteiger partial charge in [0, 0.05) is 22.5 Å². The smallest absolute Gasteiger partial charge is 0.270 e. The topological polar surface area (TPSA) is 54.0 Å². The van der Waals surface area contributed by atoms with Gasteiger partial charge in [-0.05, 0) is 38.2 Å². The summed E-state index contributed by atoms with van der Waals surface area (Å²) in [4.78, 5) is 16.3. The number of nitrogens with zero attached hydrogens (tertiary/aromatic N) is 1. The number of carbonyl (C=O) groups excluding carboxylic acids is 1. The summed E-state index contributed by atoms with van der Waals surface area (Å²) in [5.41, 5.74) is 1.19. The van der Waals surface area contributed by atoms with E-state index in [-0.39, 0.29) is 30.7 Å². The summed E-state index contributed by atoms with van der Waals surface area (Å²) in [7, 11) is 1.88. The van der Waals surface area contributed by atoms with Gasteiger partial charge in [0.05, 0.1) is 5.02 Å². The van der Waals surface area contributed by atoms with E-state index in [1.807, 2.05) is 7.05 Å². The van der Waals surface area contributed by atoms with Crippen LogP contribution in [-0.2, 0) is 0 Å². The van der Waals surface area contributed by atoms with E-state index in [0.29, 0.717) is 27.3 Å². The largest absolute Gasteiger partial charge is 0.351 e. The maximum Gasteiger partial charge on any atom is 0.270 e. The molecule has 0 spiro atoms. The van der Waals surface area contributed by atoms with E-state index in [1.54, 1.807) is 23.6 Å². The van der Waals surface area contributed by atoms with Crippen molar-refractivity contribution in [3.63, 3.8) is 0 Å². The summed E-state index contributed by atoms with van der Waals surface area (Å²) < 4.78 is 0. The molecule has 0 radical (unpaired) electrons. The lowest BCUT2D eigenvalue weighted by atomic mass is 10.2. The van der Waals surface area contributed by atoms with E-state index in [4.69, 9.17) is 23.2 Å². The molecule has 0 aliphatic heterocycles. The Morgan fingerprint density at radius 1 is 1.26 bits per heavy atom. The van der Waals surface area contributed by atoms with Crippen LogP contribution in [0.2, 0.25) is 10.0 Å². The average Bonchev–Trinajstić information content (AvgIpc) is 2.93. The van der Waals surface area contributed by atoms with Gasteiger partial charge in [-0.1, -0.05) is 23.2 Å². The van der Waals surface area contributed by atoms with Crippen LogP contribution in [0.25, 0.3) is 10.6 Å². The molecule has 0 aliphatic rings. The van der Waals surface area contributed by atoms with E-state index in [1.165, 1.54) is 11.3 Å². The molecule has 2 N–H and O–H groups in total. The summed E-state index contributed by atoms with van der Waals surface area (Å²) in [6.07, 6.45) is 0.877. The van der Waals surface area contributed by atoms with Gasteiger partial charge in [-0.25, -0.2) is 4.98 Å². The molecule has 0 aliphatic carbocycles. The first-order valence-electron chi connectivity index (χ1n) is 6.45. The van der Waals surface area contributed by atoms with Gasteiger partial charge in [0.2, 0.25) is 0 Å². The van der Waals surface area contributed by atoms with Crippen molar-refractivity contribution in [2.75, 3.05) is 20.1 Å². The van der Waals surface area contributed by atoms with Crippen LogP contribution in [0.4, 0.5) is 0 Å². The highest BCUT2D eigenvalue weighted by molar-refractivity contribution is 7.13. The molecule has 0 saturated carbocycles. The fraction of sp³-hybridized carbons (Fsp3) is 0.286. The predicted molar refractivity (Wildman–Crippen MR) is 103 cm³/mol. The van der Waals surface area contributed by atoms with Gasteiger partial charge in [0.25, 0.3) is 5.91 Å². The van der Waals surface area contributed by atoms with Gasteiger partial charge in [-0.2, -0.15) is 0 Å². The Hall–Kier alpha value is -0.560. The molecule has 0 atom stereocenters. The minimum atomic E-state index is -0.168. The number of aromatic nitrogens is 1. The Kier molecular flexibility index (Phi) is 10.8. The first-order chi connectivity index (χ1) is 10.1. The Morgan fingerprint density at radius 3 is 2.65 bits per heavy atom. The first kappa shape index (κ1) is 22.4. The van der Waals surface area contributed by atoms with Crippen molar-refractivity contribution in [3.05, 3.63) is 39.3 Å². The zero-order chi connectivity index (χ0) is 15.2. The van der Waals surface area contributed by atoms with Crippen LogP contribution in [0.15, 0.2) is 23.6 Å².